The van der Waals surface area contributed by atoms with Gasteiger partial charge in [-0.3, -0.25) is 9.69 Å². The summed E-state index contributed by atoms with van der Waals surface area (Å²) in [4.78, 5) is 15.9. The summed E-state index contributed by atoms with van der Waals surface area (Å²) < 4.78 is 0. The fourth-order valence-corrected chi connectivity index (χ4v) is 3.70. The van der Waals surface area contributed by atoms with Gasteiger partial charge >= 0.3 is 0 Å². The molecule has 0 aliphatic carbocycles. The normalized spacial score (nSPS) is 31.5. The van der Waals surface area contributed by atoms with E-state index < -0.39 is 0 Å². The Labute approximate surface area is 108 Å². The van der Waals surface area contributed by atoms with E-state index in [4.69, 9.17) is 0 Å². The van der Waals surface area contributed by atoms with E-state index in [0.717, 1.165) is 45.7 Å². The van der Waals surface area contributed by atoms with Crippen molar-refractivity contribution >= 4 is 17.7 Å². The lowest BCUT2D eigenvalue weighted by Gasteiger charge is -2.30. The Morgan fingerprint density at radius 2 is 2.06 bits per heavy atom. The Kier molecular flexibility index (Phi) is 4.70. The van der Waals surface area contributed by atoms with Gasteiger partial charge in [-0.05, 0) is 12.7 Å². The van der Waals surface area contributed by atoms with Crippen LogP contribution in [-0.2, 0) is 4.79 Å². The molecule has 1 amide bonds. The van der Waals surface area contributed by atoms with Gasteiger partial charge in [0.25, 0.3) is 0 Å². The number of hydrogen-bond donors (Lipinski definition) is 1. The Morgan fingerprint density at radius 1 is 1.24 bits per heavy atom. The van der Waals surface area contributed by atoms with E-state index in [1.807, 2.05) is 16.7 Å². The van der Waals surface area contributed by atoms with Crippen LogP contribution in [0.25, 0.3) is 0 Å². The molecule has 0 spiro atoms. The van der Waals surface area contributed by atoms with E-state index in [1.165, 1.54) is 0 Å². The second kappa shape index (κ2) is 6.07. The number of nitrogens with one attached hydrogen (secondary N) is 1. The SMILES string of the molecule is CSC1CNCC1N1CCCN(C(C)=O)CC1. The second-order valence-electron chi connectivity index (χ2n) is 4.90. The molecule has 2 fully saturated rings. The first kappa shape index (κ1) is 13.2. The lowest BCUT2D eigenvalue weighted by Crippen LogP contribution is -2.44. The fourth-order valence-electron chi connectivity index (χ4n) is 2.83. The van der Waals surface area contributed by atoms with Gasteiger partial charge in [0.2, 0.25) is 5.91 Å². The summed E-state index contributed by atoms with van der Waals surface area (Å²) in [5.41, 5.74) is 0. The number of carbonyl (C=O) groups is 1. The van der Waals surface area contributed by atoms with Crippen molar-refractivity contribution in [3.05, 3.63) is 0 Å². The Morgan fingerprint density at radius 3 is 2.76 bits per heavy atom. The lowest BCUT2D eigenvalue weighted by molar-refractivity contribution is -0.128. The van der Waals surface area contributed by atoms with E-state index >= 15 is 0 Å². The Bertz CT molecular complexity index is 274. The minimum atomic E-state index is 0.220. The third kappa shape index (κ3) is 3.14. The number of thioether (sulfide) groups is 1. The molecule has 0 radical (unpaired) electrons. The van der Waals surface area contributed by atoms with Gasteiger partial charge in [-0.25, -0.2) is 0 Å². The molecule has 0 saturated carbocycles. The molecule has 98 valence electrons. The van der Waals surface area contributed by atoms with Gasteiger partial charge < -0.3 is 10.2 Å². The maximum atomic E-state index is 11.4. The van der Waals surface area contributed by atoms with Gasteiger partial charge in [0.1, 0.15) is 0 Å². The highest BCUT2D eigenvalue weighted by atomic mass is 32.2. The Balaban J connectivity index is 1.92. The van der Waals surface area contributed by atoms with Gasteiger partial charge in [0.05, 0.1) is 0 Å². The highest BCUT2D eigenvalue weighted by molar-refractivity contribution is 7.99. The highest BCUT2D eigenvalue weighted by Gasteiger charge is 2.32. The molecular weight excluding hydrogens is 234 g/mol. The zero-order chi connectivity index (χ0) is 12.3. The zero-order valence-corrected chi connectivity index (χ0v) is 11.6. The smallest absolute Gasteiger partial charge is 0.219 e. The predicted molar refractivity (Wildman–Crippen MR) is 72.4 cm³/mol. The van der Waals surface area contributed by atoms with E-state index in [0.29, 0.717) is 11.3 Å². The van der Waals surface area contributed by atoms with Crippen molar-refractivity contribution in [2.45, 2.75) is 24.6 Å². The molecule has 2 atom stereocenters. The minimum Gasteiger partial charge on any atom is -0.342 e. The molecule has 2 rings (SSSR count). The van der Waals surface area contributed by atoms with Crippen molar-refractivity contribution in [1.82, 2.24) is 15.1 Å². The van der Waals surface area contributed by atoms with E-state index in [1.54, 1.807) is 6.92 Å². The standard InChI is InChI=1S/C12H23N3OS/c1-10(16)14-4-3-5-15(7-6-14)11-8-13-9-12(11)17-2/h11-13H,3-9H2,1-2H3. The molecule has 0 aromatic carbocycles. The van der Waals surface area contributed by atoms with Crippen LogP contribution >= 0.6 is 11.8 Å². The molecule has 2 saturated heterocycles. The van der Waals surface area contributed by atoms with Crippen LogP contribution in [0.3, 0.4) is 0 Å². The van der Waals surface area contributed by atoms with Crippen LogP contribution in [0.2, 0.25) is 0 Å². The lowest BCUT2D eigenvalue weighted by atomic mass is 10.2. The number of rotatable bonds is 2. The van der Waals surface area contributed by atoms with Crippen molar-refractivity contribution < 1.29 is 4.79 Å². The maximum absolute atomic E-state index is 11.4. The summed E-state index contributed by atoms with van der Waals surface area (Å²) in [6.07, 6.45) is 3.31. The van der Waals surface area contributed by atoms with E-state index in [2.05, 4.69) is 16.5 Å². The average Bonchev–Trinajstić information content (AvgIpc) is 2.65. The van der Waals surface area contributed by atoms with E-state index in [-0.39, 0.29) is 5.91 Å². The van der Waals surface area contributed by atoms with Crippen LogP contribution in [0.1, 0.15) is 13.3 Å². The summed E-state index contributed by atoms with van der Waals surface area (Å²) in [5.74, 6) is 0.220. The molecule has 0 aromatic rings. The third-order valence-corrected chi connectivity index (χ3v) is 4.96. The monoisotopic (exact) mass is 257 g/mol. The second-order valence-corrected chi connectivity index (χ2v) is 5.97. The van der Waals surface area contributed by atoms with Crippen molar-refractivity contribution in [1.29, 1.82) is 0 Å². The number of hydrogen-bond acceptors (Lipinski definition) is 4. The van der Waals surface area contributed by atoms with Gasteiger partial charge in [-0.1, -0.05) is 0 Å². The van der Waals surface area contributed by atoms with Crippen LogP contribution in [0.5, 0.6) is 0 Å². The first-order chi connectivity index (χ1) is 8.22. The molecule has 2 unspecified atom stereocenters. The highest BCUT2D eigenvalue weighted by Crippen LogP contribution is 2.21. The van der Waals surface area contributed by atoms with Crippen molar-refractivity contribution in [2.75, 3.05) is 45.5 Å². The number of carbonyl (C=O) groups excluding carboxylic acids is 1. The molecule has 5 heteroatoms. The van der Waals surface area contributed by atoms with Gasteiger partial charge in [-0.15, -0.1) is 0 Å². The quantitative estimate of drug-likeness (QED) is 0.769. The van der Waals surface area contributed by atoms with Crippen molar-refractivity contribution in [3.63, 3.8) is 0 Å². The molecule has 17 heavy (non-hydrogen) atoms. The summed E-state index contributed by atoms with van der Waals surface area (Å²) in [7, 11) is 0. The summed E-state index contributed by atoms with van der Waals surface area (Å²) >= 11 is 1.96. The fraction of sp³-hybridized carbons (Fsp3) is 0.917. The molecule has 4 nitrogen and oxygen atoms in total. The van der Waals surface area contributed by atoms with Crippen LogP contribution in [0, 0.1) is 0 Å². The first-order valence-corrected chi connectivity index (χ1v) is 7.74. The molecule has 0 aromatic heterocycles. The van der Waals surface area contributed by atoms with Crippen LogP contribution in [-0.4, -0.2) is 72.5 Å². The third-order valence-electron chi connectivity index (χ3n) is 3.88. The summed E-state index contributed by atoms with van der Waals surface area (Å²) in [5, 5.41) is 4.19. The molecular formula is C12H23N3OS. The van der Waals surface area contributed by atoms with Gasteiger partial charge in [0.15, 0.2) is 0 Å². The van der Waals surface area contributed by atoms with Crippen molar-refractivity contribution in [3.8, 4) is 0 Å². The molecule has 2 aliphatic rings. The van der Waals surface area contributed by atoms with Crippen LogP contribution in [0.15, 0.2) is 0 Å². The number of amides is 1. The Hall–Kier alpha value is -0.260. The molecule has 2 aliphatic heterocycles. The average molecular weight is 257 g/mol. The first-order valence-electron chi connectivity index (χ1n) is 6.45. The van der Waals surface area contributed by atoms with Gasteiger partial charge in [0, 0.05) is 57.5 Å². The largest absolute Gasteiger partial charge is 0.342 e. The molecule has 1 N–H and O–H groups in total. The summed E-state index contributed by atoms with van der Waals surface area (Å²) in [6.45, 7) is 7.89. The van der Waals surface area contributed by atoms with Gasteiger partial charge in [-0.2, -0.15) is 11.8 Å². The topological polar surface area (TPSA) is 35.6 Å². The summed E-state index contributed by atoms with van der Waals surface area (Å²) in [6, 6.07) is 0.650. The maximum Gasteiger partial charge on any atom is 0.219 e. The molecule has 0 bridgehead atoms. The zero-order valence-electron chi connectivity index (χ0n) is 10.8. The molecule has 2 heterocycles. The van der Waals surface area contributed by atoms with Crippen LogP contribution in [0.4, 0.5) is 0 Å². The van der Waals surface area contributed by atoms with E-state index in [9.17, 15) is 4.79 Å². The minimum absolute atomic E-state index is 0.220. The number of nitrogens with zero attached hydrogens (tertiary/aromatic N) is 2. The predicted octanol–water partition coefficient (Wildman–Crippen LogP) is 0.244. The van der Waals surface area contributed by atoms with Crippen molar-refractivity contribution in [2.24, 2.45) is 0 Å². The van der Waals surface area contributed by atoms with Crippen LogP contribution < -0.4 is 5.32 Å².